The van der Waals surface area contributed by atoms with Gasteiger partial charge in [0.15, 0.2) is 0 Å². The first-order valence-corrected chi connectivity index (χ1v) is 7.84. The van der Waals surface area contributed by atoms with Gasteiger partial charge in [-0.25, -0.2) is 0 Å². The van der Waals surface area contributed by atoms with Crippen LogP contribution >= 0.6 is 22.6 Å². The number of benzene rings is 2. The summed E-state index contributed by atoms with van der Waals surface area (Å²) >= 11 is 2.40. The van der Waals surface area contributed by atoms with Crippen molar-refractivity contribution in [3.8, 4) is 0 Å². The average molecular weight is 366 g/mol. The van der Waals surface area contributed by atoms with Crippen LogP contribution < -0.4 is 0 Å². The third-order valence-electron chi connectivity index (χ3n) is 3.10. The second kappa shape index (κ2) is 7.65. The van der Waals surface area contributed by atoms with Crippen molar-refractivity contribution in [1.82, 2.24) is 0 Å². The Morgan fingerprint density at radius 3 is 2.00 bits per heavy atom. The summed E-state index contributed by atoms with van der Waals surface area (Å²) in [4.78, 5) is 0. The van der Waals surface area contributed by atoms with Crippen molar-refractivity contribution < 1.29 is 4.74 Å². The molecule has 0 aliphatic heterocycles. The van der Waals surface area contributed by atoms with E-state index in [1.165, 1.54) is 11.1 Å². The summed E-state index contributed by atoms with van der Waals surface area (Å²) in [6, 6.07) is 20.9. The molecule has 2 heteroatoms. The maximum atomic E-state index is 5.95. The van der Waals surface area contributed by atoms with Crippen LogP contribution in [0.2, 0.25) is 0 Å². The van der Waals surface area contributed by atoms with Crippen LogP contribution in [0.3, 0.4) is 0 Å². The first kappa shape index (κ1) is 14.5. The summed E-state index contributed by atoms with van der Waals surface area (Å²) in [5.41, 5.74) is 2.61. The Morgan fingerprint density at radius 1 is 0.895 bits per heavy atom. The maximum absolute atomic E-state index is 5.95. The standard InChI is InChI=1S/C17H19IO/c1-14(12-15-8-4-2-5-9-15)17(18)19-13-16-10-6-3-7-11-16/h2-11,14,17H,12-13H2,1H3. The SMILES string of the molecule is CC(Cc1ccccc1)C(I)OCc1ccccc1. The highest BCUT2D eigenvalue weighted by atomic mass is 127. The van der Waals surface area contributed by atoms with Gasteiger partial charge in [-0.1, -0.05) is 90.2 Å². The van der Waals surface area contributed by atoms with E-state index in [0.29, 0.717) is 12.5 Å². The van der Waals surface area contributed by atoms with E-state index >= 15 is 0 Å². The quantitative estimate of drug-likeness (QED) is 0.525. The van der Waals surface area contributed by atoms with Gasteiger partial charge in [0, 0.05) is 0 Å². The molecule has 0 amide bonds. The molecule has 19 heavy (non-hydrogen) atoms. The molecule has 0 saturated heterocycles. The van der Waals surface area contributed by atoms with Crippen LogP contribution in [0.4, 0.5) is 0 Å². The van der Waals surface area contributed by atoms with Gasteiger partial charge in [-0.15, -0.1) is 0 Å². The summed E-state index contributed by atoms with van der Waals surface area (Å²) in [7, 11) is 0. The second-order valence-corrected chi connectivity index (χ2v) is 6.04. The highest BCUT2D eigenvalue weighted by molar-refractivity contribution is 14.1. The molecule has 0 aromatic heterocycles. The van der Waals surface area contributed by atoms with E-state index in [2.05, 4.69) is 72.0 Å². The molecule has 2 aromatic carbocycles. The van der Waals surface area contributed by atoms with E-state index < -0.39 is 0 Å². The second-order valence-electron chi connectivity index (χ2n) is 4.81. The molecule has 0 heterocycles. The number of ether oxygens (including phenoxy) is 1. The number of rotatable bonds is 6. The van der Waals surface area contributed by atoms with E-state index in [1.807, 2.05) is 18.2 Å². The van der Waals surface area contributed by atoms with Crippen molar-refractivity contribution in [2.24, 2.45) is 5.92 Å². The van der Waals surface area contributed by atoms with E-state index in [0.717, 1.165) is 6.42 Å². The summed E-state index contributed by atoms with van der Waals surface area (Å²) in [5, 5.41) is 0. The van der Waals surface area contributed by atoms with Crippen molar-refractivity contribution in [2.75, 3.05) is 0 Å². The fourth-order valence-corrected chi connectivity index (χ4v) is 2.43. The van der Waals surface area contributed by atoms with Crippen LogP contribution in [0.25, 0.3) is 0 Å². The third-order valence-corrected chi connectivity index (χ3v) is 4.69. The lowest BCUT2D eigenvalue weighted by molar-refractivity contribution is 0.0776. The van der Waals surface area contributed by atoms with Gasteiger partial charge in [-0.3, -0.25) is 0 Å². The Labute approximate surface area is 129 Å². The predicted octanol–water partition coefficient (Wildman–Crippen LogP) is 4.84. The molecular weight excluding hydrogens is 347 g/mol. The summed E-state index contributed by atoms with van der Waals surface area (Å²) < 4.78 is 6.18. The fraction of sp³-hybridized carbons (Fsp3) is 0.294. The van der Waals surface area contributed by atoms with Crippen molar-refractivity contribution in [1.29, 1.82) is 0 Å². The molecule has 2 atom stereocenters. The molecule has 0 spiro atoms. The predicted molar refractivity (Wildman–Crippen MR) is 88.3 cm³/mol. The van der Waals surface area contributed by atoms with Gasteiger partial charge in [0.05, 0.1) is 6.61 Å². The van der Waals surface area contributed by atoms with Gasteiger partial charge in [-0.2, -0.15) is 0 Å². The maximum Gasteiger partial charge on any atom is 0.112 e. The minimum atomic E-state index is 0.234. The molecule has 0 aliphatic carbocycles. The molecule has 1 nitrogen and oxygen atoms in total. The van der Waals surface area contributed by atoms with Crippen molar-refractivity contribution in [3.63, 3.8) is 0 Å². The molecule has 2 aromatic rings. The molecule has 0 radical (unpaired) electrons. The fourth-order valence-electron chi connectivity index (χ4n) is 1.99. The zero-order chi connectivity index (χ0) is 13.5. The Bertz CT molecular complexity index is 469. The van der Waals surface area contributed by atoms with E-state index in [1.54, 1.807) is 0 Å². The third kappa shape index (κ3) is 4.96. The number of hydrogen-bond acceptors (Lipinski definition) is 1. The van der Waals surface area contributed by atoms with Gasteiger partial charge in [0.1, 0.15) is 4.11 Å². The van der Waals surface area contributed by atoms with Crippen molar-refractivity contribution in [2.45, 2.75) is 24.1 Å². The minimum absolute atomic E-state index is 0.234. The molecule has 100 valence electrons. The Hall–Kier alpha value is -0.870. The Balaban J connectivity index is 1.81. The topological polar surface area (TPSA) is 9.23 Å². The van der Waals surface area contributed by atoms with Crippen molar-refractivity contribution >= 4 is 22.6 Å². The molecule has 2 unspecified atom stereocenters. The zero-order valence-electron chi connectivity index (χ0n) is 11.1. The van der Waals surface area contributed by atoms with Crippen LogP contribution in [0.15, 0.2) is 60.7 Å². The Kier molecular flexibility index (Phi) is 5.86. The molecular formula is C17H19IO. The molecule has 0 saturated carbocycles. The number of halogens is 1. The van der Waals surface area contributed by atoms with Crippen molar-refractivity contribution in [3.05, 3.63) is 71.8 Å². The lowest BCUT2D eigenvalue weighted by Gasteiger charge is -2.19. The molecule has 0 fully saturated rings. The minimum Gasteiger partial charge on any atom is -0.363 e. The molecule has 2 rings (SSSR count). The van der Waals surface area contributed by atoms with Gasteiger partial charge in [0.2, 0.25) is 0 Å². The molecule has 0 aliphatic rings. The van der Waals surface area contributed by atoms with Gasteiger partial charge in [0.25, 0.3) is 0 Å². The largest absolute Gasteiger partial charge is 0.363 e. The summed E-state index contributed by atoms with van der Waals surface area (Å²) in [5.74, 6) is 0.506. The average Bonchev–Trinajstić information content (AvgIpc) is 2.47. The van der Waals surface area contributed by atoms with Crippen LogP contribution in [-0.2, 0) is 17.8 Å². The van der Waals surface area contributed by atoms with Gasteiger partial charge in [-0.05, 0) is 23.5 Å². The van der Waals surface area contributed by atoms with Gasteiger partial charge >= 0.3 is 0 Å². The highest BCUT2D eigenvalue weighted by Crippen LogP contribution is 2.21. The zero-order valence-corrected chi connectivity index (χ0v) is 13.3. The van der Waals surface area contributed by atoms with Crippen LogP contribution in [-0.4, -0.2) is 4.11 Å². The summed E-state index contributed by atoms with van der Waals surface area (Å²) in [6.07, 6.45) is 1.06. The van der Waals surface area contributed by atoms with E-state index in [9.17, 15) is 0 Å². The van der Waals surface area contributed by atoms with E-state index in [4.69, 9.17) is 4.74 Å². The number of alkyl halides is 1. The van der Waals surface area contributed by atoms with E-state index in [-0.39, 0.29) is 4.11 Å². The number of hydrogen-bond donors (Lipinski definition) is 0. The summed E-state index contributed by atoms with van der Waals surface area (Å²) in [6.45, 7) is 2.93. The lowest BCUT2D eigenvalue weighted by atomic mass is 10.0. The Morgan fingerprint density at radius 2 is 1.42 bits per heavy atom. The van der Waals surface area contributed by atoms with Crippen LogP contribution in [0.5, 0.6) is 0 Å². The lowest BCUT2D eigenvalue weighted by Crippen LogP contribution is -2.17. The van der Waals surface area contributed by atoms with Gasteiger partial charge < -0.3 is 4.74 Å². The van der Waals surface area contributed by atoms with Crippen LogP contribution in [0, 0.1) is 5.92 Å². The van der Waals surface area contributed by atoms with Crippen LogP contribution in [0.1, 0.15) is 18.1 Å². The highest BCUT2D eigenvalue weighted by Gasteiger charge is 2.14. The smallest absolute Gasteiger partial charge is 0.112 e. The normalized spacial score (nSPS) is 14.0. The monoisotopic (exact) mass is 366 g/mol. The first-order chi connectivity index (χ1) is 9.25. The first-order valence-electron chi connectivity index (χ1n) is 6.59. The molecule has 0 N–H and O–H groups in total. The molecule has 0 bridgehead atoms.